The fourth-order valence-corrected chi connectivity index (χ4v) is 1.08. The molecule has 12 heavy (non-hydrogen) atoms. The molecule has 1 aliphatic rings. The average molecular weight is 186 g/mol. The van der Waals surface area contributed by atoms with Gasteiger partial charge in [0.05, 0.1) is 6.61 Å². The van der Waals surface area contributed by atoms with Gasteiger partial charge in [-0.2, -0.15) is 0 Å². The predicted molar refractivity (Wildman–Crippen MR) is 36.0 cm³/mol. The molecule has 0 aromatic rings. The summed E-state index contributed by atoms with van der Waals surface area (Å²) in [5.74, 6) is 0. The maximum atomic E-state index is 9.12. The molecule has 5 N–H and O–H groups in total. The van der Waals surface area contributed by atoms with Gasteiger partial charge in [-0.05, 0) is 0 Å². The molecule has 0 bridgehead atoms. The highest BCUT2D eigenvalue weighted by molar-refractivity contribution is 4.87. The van der Waals surface area contributed by atoms with E-state index in [1.165, 1.54) is 0 Å². The smallest absolute Gasteiger partial charge is 0.184 e. The second-order valence-corrected chi connectivity index (χ2v) is 2.72. The third-order valence-corrected chi connectivity index (χ3v) is 1.87. The van der Waals surface area contributed by atoms with Gasteiger partial charge in [0, 0.05) is 0 Å². The Balaban J connectivity index is 2.63. The Kier molecular flexibility index (Phi) is 2.99. The third kappa shape index (κ3) is 1.58. The molecule has 0 aromatic heterocycles. The SMILES string of the molecule is O[13CH2][13C@H]1O[13CH](O)[13C@H](O)[13C@@H](O)[13C@@H]1O. The molecule has 0 radical (unpaired) electrons. The fraction of sp³-hybridized carbons (Fsp3) is 1.00. The number of rotatable bonds is 1. The Morgan fingerprint density at radius 2 is 1.50 bits per heavy atom. The van der Waals surface area contributed by atoms with E-state index in [0.717, 1.165) is 0 Å². The summed E-state index contributed by atoms with van der Waals surface area (Å²) in [7, 11) is 0. The van der Waals surface area contributed by atoms with Gasteiger partial charge >= 0.3 is 0 Å². The molecule has 1 aliphatic heterocycles. The fourth-order valence-electron chi connectivity index (χ4n) is 1.08. The molecule has 1 heterocycles. The second kappa shape index (κ2) is 3.65. The van der Waals surface area contributed by atoms with Gasteiger partial charge < -0.3 is 30.3 Å². The Hall–Kier alpha value is -0.240. The van der Waals surface area contributed by atoms with Crippen LogP contribution < -0.4 is 0 Å². The average Bonchev–Trinajstić information content (AvgIpc) is 2.08. The van der Waals surface area contributed by atoms with Crippen LogP contribution in [0.1, 0.15) is 0 Å². The lowest BCUT2D eigenvalue weighted by molar-refractivity contribution is -0.286. The number of hydrogen-bond donors (Lipinski definition) is 5. The van der Waals surface area contributed by atoms with Crippen LogP contribution in [0.15, 0.2) is 0 Å². The van der Waals surface area contributed by atoms with Crippen LogP contribution in [0.3, 0.4) is 0 Å². The molecule has 1 fully saturated rings. The number of aliphatic hydroxyl groups excluding tert-OH is 5. The summed E-state index contributed by atoms with van der Waals surface area (Å²) in [5.41, 5.74) is 0. The van der Waals surface area contributed by atoms with E-state index in [1.54, 1.807) is 0 Å². The first-order valence-electron chi connectivity index (χ1n) is 3.56. The van der Waals surface area contributed by atoms with Gasteiger partial charge in [-0.1, -0.05) is 0 Å². The Labute approximate surface area is 68.6 Å². The number of hydrogen-bond acceptors (Lipinski definition) is 6. The summed E-state index contributed by atoms with van der Waals surface area (Å²) in [6, 6.07) is 0. The highest BCUT2D eigenvalue weighted by Gasteiger charge is 2.42. The molecule has 1 unspecified atom stereocenters. The second-order valence-electron chi connectivity index (χ2n) is 2.72. The van der Waals surface area contributed by atoms with Gasteiger partial charge in [0.2, 0.25) is 0 Å². The van der Waals surface area contributed by atoms with Crippen molar-refractivity contribution in [1.29, 1.82) is 0 Å². The van der Waals surface area contributed by atoms with Crippen LogP contribution in [0, 0.1) is 0 Å². The van der Waals surface area contributed by atoms with Crippen LogP contribution in [-0.2, 0) is 4.74 Å². The van der Waals surface area contributed by atoms with Crippen LogP contribution in [-0.4, -0.2) is 62.8 Å². The third-order valence-electron chi connectivity index (χ3n) is 1.87. The van der Waals surface area contributed by atoms with Crippen molar-refractivity contribution in [1.82, 2.24) is 0 Å². The topological polar surface area (TPSA) is 110 Å². The summed E-state index contributed by atoms with van der Waals surface area (Å²) in [5, 5.41) is 44.7. The van der Waals surface area contributed by atoms with E-state index < -0.39 is 37.3 Å². The van der Waals surface area contributed by atoms with Crippen LogP contribution in [0.4, 0.5) is 0 Å². The Morgan fingerprint density at radius 3 is 2.00 bits per heavy atom. The molecule has 0 spiro atoms. The lowest BCUT2D eigenvalue weighted by atomic mass is 10.9. The van der Waals surface area contributed by atoms with E-state index in [9.17, 15) is 0 Å². The predicted octanol–water partition coefficient (Wildman–Crippen LogP) is -3.22. The lowest BCUT2D eigenvalue weighted by Gasteiger charge is -2.37. The highest BCUT2D eigenvalue weighted by atomic mass is 16.8. The van der Waals surface area contributed by atoms with E-state index >= 15 is 0 Å². The van der Waals surface area contributed by atoms with E-state index in [1.807, 2.05) is 0 Å². The van der Waals surface area contributed by atoms with Crippen molar-refractivity contribution in [3.05, 3.63) is 0 Å². The zero-order chi connectivity index (χ0) is 9.30. The zero-order valence-corrected chi connectivity index (χ0v) is 6.24. The van der Waals surface area contributed by atoms with Crippen molar-refractivity contribution in [2.75, 3.05) is 6.61 Å². The first-order chi connectivity index (χ1) is 5.57. The maximum absolute atomic E-state index is 9.12. The molecule has 0 amide bonds. The van der Waals surface area contributed by atoms with Gasteiger partial charge in [0.1, 0.15) is 24.4 Å². The minimum absolute atomic E-state index is 0.526. The molecule has 6 nitrogen and oxygen atoms in total. The molecule has 0 saturated carbocycles. The molecular weight excluding hydrogens is 174 g/mol. The van der Waals surface area contributed by atoms with Crippen LogP contribution in [0.5, 0.6) is 0 Å². The van der Waals surface area contributed by atoms with Crippen LogP contribution in [0.2, 0.25) is 0 Å². The van der Waals surface area contributed by atoms with Crippen LogP contribution >= 0.6 is 0 Å². The Morgan fingerprint density at radius 1 is 0.917 bits per heavy atom. The summed E-state index contributed by atoms with van der Waals surface area (Å²) in [6.07, 6.45) is -7.04. The van der Waals surface area contributed by atoms with E-state index in [0.29, 0.717) is 0 Å². The maximum Gasteiger partial charge on any atom is 0.184 e. The van der Waals surface area contributed by atoms with Crippen molar-refractivity contribution in [2.45, 2.75) is 30.7 Å². The molecule has 6 heteroatoms. The van der Waals surface area contributed by atoms with Gasteiger partial charge in [-0.25, -0.2) is 0 Å². The normalized spacial score (nSPS) is 49.2. The van der Waals surface area contributed by atoms with Gasteiger partial charge in [-0.15, -0.1) is 0 Å². The van der Waals surface area contributed by atoms with Gasteiger partial charge in [0.25, 0.3) is 0 Å². The summed E-state index contributed by atoms with van der Waals surface area (Å²) in [6.45, 7) is -0.526. The van der Waals surface area contributed by atoms with Crippen LogP contribution in [0.25, 0.3) is 0 Å². The minimum atomic E-state index is -1.57. The molecule has 1 saturated heterocycles. The summed E-state index contributed by atoms with van der Waals surface area (Å²) in [4.78, 5) is 0. The molecular formula is C6H12O6. The van der Waals surface area contributed by atoms with Crippen molar-refractivity contribution in [3.63, 3.8) is 0 Å². The minimum Gasteiger partial charge on any atom is -0.394 e. The van der Waals surface area contributed by atoms with E-state index in [-0.39, 0.29) is 0 Å². The Bertz CT molecular complexity index is 146. The van der Waals surface area contributed by atoms with Crippen molar-refractivity contribution < 1.29 is 30.3 Å². The van der Waals surface area contributed by atoms with Gasteiger partial charge in [-0.3, -0.25) is 0 Å². The lowest BCUT2D eigenvalue weighted by Crippen LogP contribution is -2.58. The number of ether oxygens (including phenoxy) is 1. The largest absolute Gasteiger partial charge is 0.394 e. The molecule has 0 aromatic carbocycles. The zero-order valence-electron chi connectivity index (χ0n) is 6.24. The van der Waals surface area contributed by atoms with Crippen molar-refractivity contribution in [3.8, 4) is 0 Å². The molecule has 1 rings (SSSR count). The molecule has 72 valence electrons. The first kappa shape index (κ1) is 9.85. The molecule has 5 atom stereocenters. The van der Waals surface area contributed by atoms with Gasteiger partial charge in [0.15, 0.2) is 6.29 Å². The first-order valence-corrected chi connectivity index (χ1v) is 3.56. The molecule has 0 aliphatic carbocycles. The monoisotopic (exact) mass is 186 g/mol. The van der Waals surface area contributed by atoms with E-state index in [4.69, 9.17) is 25.5 Å². The standard InChI is InChI=1S/C6H12O6/c7-1-2-3(8)4(9)5(10)6(11)12-2/h2-11H,1H2/t2-,3-,4+,5-,6?/m1/s1/i1+1,2+1,3+1,4+1,5+1,6+1. The number of aliphatic hydroxyl groups is 5. The van der Waals surface area contributed by atoms with Crippen molar-refractivity contribution >= 4 is 0 Å². The quantitative estimate of drug-likeness (QED) is 0.275. The van der Waals surface area contributed by atoms with Crippen molar-refractivity contribution in [2.24, 2.45) is 0 Å². The summed E-state index contributed by atoms with van der Waals surface area (Å²) >= 11 is 0. The summed E-state index contributed by atoms with van der Waals surface area (Å²) < 4.78 is 4.58. The highest BCUT2D eigenvalue weighted by Crippen LogP contribution is 2.18. The van der Waals surface area contributed by atoms with E-state index in [2.05, 4.69) is 4.74 Å².